The number of nitrogens with zero attached hydrogens (tertiary/aromatic N) is 2. The molecule has 3 heteroatoms. The van der Waals surface area contributed by atoms with Gasteiger partial charge in [-0.2, -0.15) is 0 Å². The number of piperidine rings is 1. The van der Waals surface area contributed by atoms with Gasteiger partial charge < -0.3 is 15.1 Å². The Bertz CT molecular complexity index is 406. The number of hydrogen-bond acceptors (Lipinski definition) is 3. The van der Waals surface area contributed by atoms with Crippen LogP contribution in [-0.2, 0) is 0 Å². The van der Waals surface area contributed by atoms with Crippen molar-refractivity contribution in [1.29, 1.82) is 0 Å². The largest absolute Gasteiger partial charge is 0.313 e. The van der Waals surface area contributed by atoms with Crippen molar-refractivity contribution in [2.45, 2.75) is 31.8 Å². The van der Waals surface area contributed by atoms with Crippen molar-refractivity contribution >= 4 is 0 Å². The lowest BCUT2D eigenvalue weighted by Gasteiger charge is -2.38. The molecule has 1 fully saturated rings. The Hall–Kier alpha value is -0.900. The molecular weight excluding hydrogens is 258 g/mol. The lowest BCUT2D eigenvalue weighted by atomic mass is 9.93. The molecule has 1 aliphatic heterocycles. The third kappa shape index (κ3) is 4.53. The van der Waals surface area contributed by atoms with Crippen molar-refractivity contribution in [3.63, 3.8) is 0 Å². The predicted octanol–water partition coefficient (Wildman–Crippen LogP) is 2.61. The highest BCUT2D eigenvalue weighted by molar-refractivity contribution is 5.19. The zero-order chi connectivity index (χ0) is 15.2. The van der Waals surface area contributed by atoms with Gasteiger partial charge in [-0.05, 0) is 52.0 Å². The molecule has 1 saturated heterocycles. The highest BCUT2D eigenvalue weighted by Crippen LogP contribution is 2.23. The summed E-state index contributed by atoms with van der Waals surface area (Å²) < 4.78 is 0. The predicted molar refractivity (Wildman–Crippen MR) is 90.6 cm³/mol. The molecule has 3 atom stereocenters. The van der Waals surface area contributed by atoms with E-state index in [1.165, 1.54) is 31.5 Å². The first-order valence-corrected chi connectivity index (χ1v) is 8.22. The number of nitrogens with one attached hydrogen (secondary N) is 1. The Morgan fingerprint density at radius 2 is 2.05 bits per heavy atom. The maximum Gasteiger partial charge on any atom is 0.0355 e. The second-order valence-corrected chi connectivity index (χ2v) is 6.65. The van der Waals surface area contributed by atoms with Crippen LogP contribution in [0.3, 0.4) is 0 Å². The molecule has 2 rings (SSSR count). The molecule has 1 aliphatic rings. The minimum Gasteiger partial charge on any atom is -0.313 e. The van der Waals surface area contributed by atoms with Crippen LogP contribution in [-0.4, -0.2) is 56.6 Å². The first-order valence-electron chi connectivity index (χ1n) is 8.22. The van der Waals surface area contributed by atoms with Crippen molar-refractivity contribution in [3.05, 3.63) is 35.9 Å². The first-order chi connectivity index (χ1) is 10.1. The molecule has 1 aromatic rings. The lowest BCUT2D eigenvalue weighted by molar-refractivity contribution is 0.116. The molecule has 0 aromatic heterocycles. The highest BCUT2D eigenvalue weighted by atomic mass is 15.2. The Labute approximate surface area is 130 Å². The van der Waals surface area contributed by atoms with E-state index in [4.69, 9.17) is 0 Å². The van der Waals surface area contributed by atoms with Crippen LogP contribution < -0.4 is 5.32 Å². The van der Waals surface area contributed by atoms with Gasteiger partial charge in [-0.1, -0.05) is 37.3 Å². The second kappa shape index (κ2) is 7.92. The molecule has 0 saturated carbocycles. The fourth-order valence-corrected chi connectivity index (χ4v) is 3.65. The van der Waals surface area contributed by atoms with E-state index in [1.807, 2.05) is 0 Å². The van der Waals surface area contributed by atoms with E-state index < -0.39 is 0 Å². The van der Waals surface area contributed by atoms with Gasteiger partial charge in [0.1, 0.15) is 0 Å². The van der Waals surface area contributed by atoms with E-state index in [2.05, 4.69) is 73.5 Å². The van der Waals surface area contributed by atoms with Gasteiger partial charge in [0.2, 0.25) is 0 Å². The van der Waals surface area contributed by atoms with Crippen LogP contribution in [0.1, 0.15) is 31.4 Å². The molecule has 0 aliphatic carbocycles. The molecular formula is C18H31N3. The van der Waals surface area contributed by atoms with Crippen LogP contribution in [0, 0.1) is 5.92 Å². The Balaban J connectivity index is 1.94. The van der Waals surface area contributed by atoms with Crippen LogP contribution in [0.5, 0.6) is 0 Å². The van der Waals surface area contributed by atoms with Crippen LogP contribution >= 0.6 is 0 Å². The molecule has 1 N–H and O–H groups in total. The maximum absolute atomic E-state index is 3.50. The third-order valence-electron chi connectivity index (χ3n) is 4.84. The maximum atomic E-state index is 3.50. The van der Waals surface area contributed by atoms with Gasteiger partial charge in [-0.15, -0.1) is 0 Å². The summed E-state index contributed by atoms with van der Waals surface area (Å²) in [5.41, 5.74) is 1.39. The van der Waals surface area contributed by atoms with E-state index in [0.717, 1.165) is 6.54 Å². The summed E-state index contributed by atoms with van der Waals surface area (Å²) >= 11 is 0. The van der Waals surface area contributed by atoms with Crippen LogP contribution in [0.25, 0.3) is 0 Å². The zero-order valence-electron chi connectivity index (χ0n) is 14.0. The summed E-state index contributed by atoms with van der Waals surface area (Å²) in [4.78, 5) is 5.02. The highest BCUT2D eigenvalue weighted by Gasteiger charge is 2.25. The fourth-order valence-electron chi connectivity index (χ4n) is 3.65. The minimum atomic E-state index is 0.426. The van der Waals surface area contributed by atoms with Gasteiger partial charge >= 0.3 is 0 Å². The van der Waals surface area contributed by atoms with Crippen molar-refractivity contribution in [3.8, 4) is 0 Å². The van der Waals surface area contributed by atoms with Gasteiger partial charge in [0.25, 0.3) is 0 Å². The average molecular weight is 289 g/mol. The first kappa shape index (κ1) is 16.5. The molecule has 0 spiro atoms. The SMILES string of the molecule is CNC(c1ccccc1)C(C)CN(C)C1CCCN(C)C1. The monoisotopic (exact) mass is 289 g/mol. The van der Waals surface area contributed by atoms with Crippen LogP contribution in [0.15, 0.2) is 30.3 Å². The molecule has 1 aromatic carbocycles. The Morgan fingerprint density at radius 3 is 2.67 bits per heavy atom. The van der Waals surface area contributed by atoms with E-state index in [9.17, 15) is 0 Å². The lowest BCUT2D eigenvalue weighted by Crippen LogP contribution is -2.47. The molecule has 21 heavy (non-hydrogen) atoms. The van der Waals surface area contributed by atoms with Gasteiger partial charge in [-0.3, -0.25) is 0 Å². The Morgan fingerprint density at radius 1 is 1.33 bits per heavy atom. The van der Waals surface area contributed by atoms with Gasteiger partial charge in [0.05, 0.1) is 0 Å². The minimum absolute atomic E-state index is 0.426. The van der Waals surface area contributed by atoms with E-state index in [0.29, 0.717) is 18.0 Å². The molecule has 1 heterocycles. The van der Waals surface area contributed by atoms with Crippen molar-refractivity contribution < 1.29 is 0 Å². The summed E-state index contributed by atoms with van der Waals surface area (Å²) in [7, 11) is 6.60. The van der Waals surface area contributed by atoms with Crippen molar-refractivity contribution in [1.82, 2.24) is 15.1 Å². The van der Waals surface area contributed by atoms with Crippen LogP contribution in [0.4, 0.5) is 0 Å². The number of likely N-dealkylation sites (tertiary alicyclic amines) is 1. The van der Waals surface area contributed by atoms with Gasteiger partial charge in [-0.25, -0.2) is 0 Å². The average Bonchev–Trinajstić information content (AvgIpc) is 2.49. The fraction of sp³-hybridized carbons (Fsp3) is 0.667. The summed E-state index contributed by atoms with van der Waals surface area (Å²) in [5.74, 6) is 0.592. The summed E-state index contributed by atoms with van der Waals surface area (Å²) in [6.45, 7) is 5.96. The number of benzene rings is 1. The molecule has 0 amide bonds. The smallest absolute Gasteiger partial charge is 0.0355 e. The van der Waals surface area contributed by atoms with Gasteiger partial charge in [0, 0.05) is 25.2 Å². The van der Waals surface area contributed by atoms with Crippen molar-refractivity contribution in [2.75, 3.05) is 40.8 Å². The molecule has 0 bridgehead atoms. The summed E-state index contributed by atoms with van der Waals surface area (Å²) in [6, 6.07) is 11.9. The van der Waals surface area contributed by atoms with Crippen molar-refractivity contribution in [2.24, 2.45) is 5.92 Å². The topological polar surface area (TPSA) is 18.5 Å². The summed E-state index contributed by atoms with van der Waals surface area (Å²) in [6.07, 6.45) is 2.66. The van der Waals surface area contributed by atoms with Crippen LogP contribution in [0.2, 0.25) is 0 Å². The number of hydrogen-bond donors (Lipinski definition) is 1. The van der Waals surface area contributed by atoms with E-state index in [-0.39, 0.29) is 0 Å². The number of likely N-dealkylation sites (N-methyl/N-ethyl adjacent to an activating group) is 2. The normalized spacial score (nSPS) is 23.2. The quantitative estimate of drug-likeness (QED) is 0.868. The molecule has 3 unspecified atom stereocenters. The second-order valence-electron chi connectivity index (χ2n) is 6.65. The zero-order valence-corrected chi connectivity index (χ0v) is 14.0. The third-order valence-corrected chi connectivity index (χ3v) is 4.84. The standard InChI is InChI=1S/C18H31N3/c1-15(18(19-2)16-9-6-5-7-10-16)13-21(4)17-11-8-12-20(3)14-17/h5-7,9-10,15,17-19H,8,11-14H2,1-4H3. The molecule has 0 radical (unpaired) electrons. The summed E-state index contributed by atoms with van der Waals surface area (Å²) in [5, 5.41) is 3.50. The molecule has 3 nitrogen and oxygen atoms in total. The van der Waals surface area contributed by atoms with Gasteiger partial charge in [0.15, 0.2) is 0 Å². The molecule has 118 valence electrons. The number of rotatable bonds is 6. The Kier molecular flexibility index (Phi) is 6.22. The van der Waals surface area contributed by atoms with E-state index >= 15 is 0 Å². The van der Waals surface area contributed by atoms with E-state index in [1.54, 1.807) is 0 Å².